The number of rotatable bonds is 6. The Kier molecular flexibility index (Phi) is 6.80. The van der Waals surface area contributed by atoms with Gasteiger partial charge < -0.3 is 15.0 Å². The fourth-order valence-electron chi connectivity index (χ4n) is 3.97. The highest BCUT2D eigenvalue weighted by molar-refractivity contribution is 7.13. The Morgan fingerprint density at radius 2 is 2.00 bits per heavy atom. The Morgan fingerprint density at radius 1 is 1.19 bits per heavy atom. The van der Waals surface area contributed by atoms with E-state index >= 15 is 0 Å². The number of amides is 2. The van der Waals surface area contributed by atoms with Crippen LogP contribution in [0.4, 0.5) is 5.13 Å². The first-order valence-electron chi connectivity index (χ1n) is 10.7. The summed E-state index contributed by atoms with van der Waals surface area (Å²) in [6.45, 7) is 3.08. The monoisotopic (exact) mass is 451 g/mol. The first-order valence-corrected chi connectivity index (χ1v) is 11.6. The van der Waals surface area contributed by atoms with Gasteiger partial charge in [-0.3, -0.25) is 14.4 Å². The maximum absolute atomic E-state index is 13.2. The summed E-state index contributed by atoms with van der Waals surface area (Å²) >= 11 is 1.28. The Balaban J connectivity index is 1.40. The van der Waals surface area contributed by atoms with Gasteiger partial charge in [-0.25, -0.2) is 4.98 Å². The van der Waals surface area contributed by atoms with E-state index in [-0.39, 0.29) is 30.1 Å². The van der Waals surface area contributed by atoms with Crippen molar-refractivity contribution in [3.05, 3.63) is 59.1 Å². The van der Waals surface area contributed by atoms with E-state index in [1.807, 2.05) is 42.5 Å². The normalized spacial score (nSPS) is 16.0. The number of aromatic nitrogens is 1. The van der Waals surface area contributed by atoms with Crippen LogP contribution in [0.25, 0.3) is 10.8 Å². The summed E-state index contributed by atoms with van der Waals surface area (Å²) in [7, 11) is 0. The highest BCUT2D eigenvalue weighted by Gasteiger charge is 2.30. The van der Waals surface area contributed by atoms with Crippen molar-refractivity contribution in [3.8, 4) is 0 Å². The van der Waals surface area contributed by atoms with Crippen molar-refractivity contribution in [2.75, 3.05) is 25.0 Å². The largest absolute Gasteiger partial charge is 0.466 e. The van der Waals surface area contributed by atoms with Gasteiger partial charge in [0.15, 0.2) is 5.13 Å². The fourth-order valence-corrected chi connectivity index (χ4v) is 4.68. The molecule has 1 atom stereocenters. The number of benzene rings is 2. The Labute approximate surface area is 190 Å². The van der Waals surface area contributed by atoms with E-state index in [4.69, 9.17) is 4.74 Å². The highest BCUT2D eigenvalue weighted by atomic mass is 32.1. The molecule has 1 aliphatic rings. The molecule has 1 fully saturated rings. The van der Waals surface area contributed by atoms with Gasteiger partial charge in [0.05, 0.1) is 24.6 Å². The molecule has 1 unspecified atom stereocenters. The second-order valence-corrected chi connectivity index (χ2v) is 8.59. The molecule has 166 valence electrons. The van der Waals surface area contributed by atoms with E-state index in [1.54, 1.807) is 17.2 Å². The first kappa shape index (κ1) is 22.0. The summed E-state index contributed by atoms with van der Waals surface area (Å²) in [6, 6.07) is 13.5. The number of nitrogens with zero attached hydrogens (tertiary/aromatic N) is 2. The molecule has 0 bridgehead atoms. The quantitative estimate of drug-likeness (QED) is 0.575. The van der Waals surface area contributed by atoms with Gasteiger partial charge in [-0.05, 0) is 36.6 Å². The number of piperidine rings is 1. The molecule has 8 heteroatoms. The van der Waals surface area contributed by atoms with Gasteiger partial charge in [0.1, 0.15) is 0 Å². The van der Waals surface area contributed by atoms with Gasteiger partial charge in [0, 0.05) is 24.0 Å². The smallest absolute Gasteiger partial charge is 0.311 e. The van der Waals surface area contributed by atoms with Gasteiger partial charge in [-0.15, -0.1) is 11.3 Å². The summed E-state index contributed by atoms with van der Waals surface area (Å²) in [4.78, 5) is 43.8. The number of nitrogens with one attached hydrogen (secondary N) is 1. The summed E-state index contributed by atoms with van der Waals surface area (Å²) in [5, 5.41) is 6.98. The average molecular weight is 452 g/mol. The maximum atomic E-state index is 13.2. The molecule has 0 aliphatic carbocycles. The lowest BCUT2D eigenvalue weighted by atomic mass is 9.95. The molecule has 2 aromatic carbocycles. The summed E-state index contributed by atoms with van der Waals surface area (Å²) in [5.41, 5.74) is 1.23. The molecule has 2 heterocycles. The number of hydrogen-bond acceptors (Lipinski definition) is 6. The number of carbonyl (C=O) groups is 3. The molecule has 32 heavy (non-hydrogen) atoms. The van der Waals surface area contributed by atoms with Gasteiger partial charge in [-0.2, -0.15) is 0 Å². The number of hydrogen-bond donors (Lipinski definition) is 1. The number of ether oxygens (including phenoxy) is 1. The predicted molar refractivity (Wildman–Crippen MR) is 124 cm³/mol. The van der Waals surface area contributed by atoms with Crippen LogP contribution in [0.3, 0.4) is 0 Å². The zero-order valence-electron chi connectivity index (χ0n) is 17.9. The standard InChI is InChI=1S/C24H25N3O4S/c1-2-31-21(28)13-18-15-32-24(25-18)26-22(29)17-9-6-12-27(14-17)23(30)20-11-5-8-16-7-3-4-10-19(16)20/h3-5,7-8,10-11,15,17H,2,6,9,12-14H2,1H3,(H,25,26,29). The van der Waals surface area contributed by atoms with Crippen molar-refractivity contribution < 1.29 is 19.1 Å². The zero-order valence-corrected chi connectivity index (χ0v) is 18.7. The topological polar surface area (TPSA) is 88.6 Å². The Hall–Kier alpha value is -3.26. The van der Waals surface area contributed by atoms with Gasteiger partial charge >= 0.3 is 5.97 Å². The molecule has 1 aromatic heterocycles. The number of fused-ring (bicyclic) bond motifs is 1. The minimum Gasteiger partial charge on any atom is -0.466 e. The fraction of sp³-hybridized carbons (Fsp3) is 0.333. The minimum absolute atomic E-state index is 0.0507. The predicted octanol–water partition coefficient (Wildman–Crippen LogP) is 3.89. The molecule has 3 aromatic rings. The van der Waals surface area contributed by atoms with Crippen molar-refractivity contribution in [2.45, 2.75) is 26.2 Å². The van der Waals surface area contributed by atoms with Crippen molar-refractivity contribution in [2.24, 2.45) is 5.92 Å². The van der Waals surface area contributed by atoms with Crippen LogP contribution in [-0.2, 0) is 20.7 Å². The third kappa shape index (κ3) is 4.96. The molecule has 0 saturated carbocycles. The van der Waals surface area contributed by atoms with E-state index in [9.17, 15) is 14.4 Å². The number of carbonyl (C=O) groups excluding carboxylic acids is 3. The Bertz CT molecular complexity index is 1140. The average Bonchev–Trinajstić information content (AvgIpc) is 3.24. The minimum atomic E-state index is -0.342. The van der Waals surface area contributed by atoms with Crippen LogP contribution in [-0.4, -0.2) is 47.4 Å². The zero-order chi connectivity index (χ0) is 22.5. The molecule has 0 radical (unpaired) electrons. The van der Waals surface area contributed by atoms with Crippen LogP contribution < -0.4 is 5.32 Å². The molecule has 7 nitrogen and oxygen atoms in total. The van der Waals surface area contributed by atoms with E-state index < -0.39 is 0 Å². The molecule has 1 N–H and O–H groups in total. The van der Waals surface area contributed by atoms with E-state index in [1.165, 1.54) is 11.3 Å². The molecule has 0 spiro atoms. The SMILES string of the molecule is CCOC(=O)Cc1csc(NC(=O)C2CCCN(C(=O)c3cccc4ccccc34)C2)n1. The highest BCUT2D eigenvalue weighted by Crippen LogP contribution is 2.25. The van der Waals surface area contributed by atoms with Crippen LogP contribution in [0, 0.1) is 5.92 Å². The second-order valence-electron chi connectivity index (χ2n) is 7.73. The van der Waals surface area contributed by atoms with Crippen LogP contribution in [0.2, 0.25) is 0 Å². The molecular weight excluding hydrogens is 426 g/mol. The lowest BCUT2D eigenvalue weighted by Crippen LogP contribution is -2.43. The number of thiazole rings is 1. The van der Waals surface area contributed by atoms with Crippen LogP contribution in [0.5, 0.6) is 0 Å². The van der Waals surface area contributed by atoms with E-state index in [0.29, 0.717) is 42.5 Å². The van der Waals surface area contributed by atoms with Crippen LogP contribution >= 0.6 is 11.3 Å². The van der Waals surface area contributed by atoms with E-state index in [0.717, 1.165) is 17.2 Å². The molecular formula is C24H25N3O4S. The second kappa shape index (κ2) is 9.91. The van der Waals surface area contributed by atoms with Crippen molar-refractivity contribution in [1.29, 1.82) is 0 Å². The molecule has 1 saturated heterocycles. The van der Waals surface area contributed by atoms with Crippen molar-refractivity contribution >= 4 is 45.0 Å². The van der Waals surface area contributed by atoms with Crippen LogP contribution in [0.15, 0.2) is 47.8 Å². The summed E-state index contributed by atoms with van der Waals surface area (Å²) in [6.07, 6.45) is 1.56. The molecule has 1 aliphatic heterocycles. The molecule has 4 rings (SSSR count). The van der Waals surface area contributed by atoms with E-state index in [2.05, 4.69) is 10.3 Å². The van der Waals surface area contributed by atoms with Gasteiger partial charge in [0.2, 0.25) is 5.91 Å². The maximum Gasteiger partial charge on any atom is 0.311 e. The summed E-state index contributed by atoms with van der Waals surface area (Å²) in [5.74, 6) is -0.853. The number of likely N-dealkylation sites (tertiary alicyclic amines) is 1. The van der Waals surface area contributed by atoms with Gasteiger partial charge in [-0.1, -0.05) is 36.4 Å². The molecule has 2 amide bonds. The van der Waals surface area contributed by atoms with Gasteiger partial charge in [0.25, 0.3) is 5.91 Å². The number of esters is 1. The van der Waals surface area contributed by atoms with Crippen molar-refractivity contribution in [1.82, 2.24) is 9.88 Å². The lowest BCUT2D eigenvalue weighted by molar-refractivity contribution is -0.142. The first-order chi connectivity index (χ1) is 15.5. The third-order valence-electron chi connectivity index (χ3n) is 5.51. The van der Waals surface area contributed by atoms with Crippen molar-refractivity contribution in [3.63, 3.8) is 0 Å². The number of anilines is 1. The third-order valence-corrected chi connectivity index (χ3v) is 6.32. The Morgan fingerprint density at radius 3 is 2.84 bits per heavy atom. The lowest BCUT2D eigenvalue weighted by Gasteiger charge is -2.32. The summed E-state index contributed by atoms with van der Waals surface area (Å²) < 4.78 is 4.93. The van der Waals surface area contributed by atoms with Crippen LogP contribution in [0.1, 0.15) is 35.8 Å².